The van der Waals surface area contributed by atoms with Crippen molar-refractivity contribution in [3.8, 4) is 11.3 Å². The van der Waals surface area contributed by atoms with Gasteiger partial charge in [-0.3, -0.25) is 4.79 Å². The quantitative estimate of drug-likeness (QED) is 0.798. The fourth-order valence-corrected chi connectivity index (χ4v) is 2.49. The molecule has 0 spiro atoms. The lowest BCUT2D eigenvalue weighted by Gasteiger charge is -2.04. The van der Waals surface area contributed by atoms with Crippen LogP contribution in [0.25, 0.3) is 16.9 Å². The molecule has 1 N–H and O–H groups in total. The summed E-state index contributed by atoms with van der Waals surface area (Å²) in [6.45, 7) is 2.11. The van der Waals surface area contributed by atoms with E-state index in [9.17, 15) is 4.79 Å². The van der Waals surface area contributed by atoms with Gasteiger partial charge in [0.05, 0.1) is 17.8 Å². The largest absolute Gasteiger partial charge is 0.481 e. The second-order valence-corrected chi connectivity index (χ2v) is 4.96. The molecule has 21 heavy (non-hydrogen) atoms. The van der Waals surface area contributed by atoms with Gasteiger partial charge in [-0.2, -0.15) is 0 Å². The molecule has 0 aliphatic carbocycles. The Labute approximate surface area is 122 Å². The minimum Gasteiger partial charge on any atom is -0.481 e. The molecule has 4 heteroatoms. The predicted molar refractivity (Wildman–Crippen MR) is 81.3 cm³/mol. The fourth-order valence-electron chi connectivity index (χ4n) is 2.49. The highest BCUT2D eigenvalue weighted by molar-refractivity contribution is 5.76. The number of carbonyl (C=O) groups is 1. The third-order valence-electron chi connectivity index (χ3n) is 3.58. The van der Waals surface area contributed by atoms with Crippen LogP contribution in [-0.2, 0) is 17.6 Å². The molecule has 0 radical (unpaired) electrons. The normalized spacial score (nSPS) is 10.9. The van der Waals surface area contributed by atoms with Crippen molar-refractivity contribution in [3.05, 3.63) is 59.9 Å². The van der Waals surface area contributed by atoms with E-state index in [1.807, 2.05) is 40.9 Å². The number of fused-ring (bicyclic) bond motifs is 1. The van der Waals surface area contributed by atoms with Crippen LogP contribution in [0.2, 0.25) is 0 Å². The molecule has 0 bridgehead atoms. The number of pyridine rings is 1. The number of benzene rings is 1. The van der Waals surface area contributed by atoms with Crippen molar-refractivity contribution in [2.75, 3.05) is 0 Å². The highest BCUT2D eigenvalue weighted by Gasteiger charge is 2.16. The van der Waals surface area contributed by atoms with E-state index in [1.54, 1.807) is 0 Å². The highest BCUT2D eigenvalue weighted by atomic mass is 16.4. The Bertz CT molecular complexity index is 788. The van der Waals surface area contributed by atoms with Gasteiger partial charge in [-0.1, -0.05) is 37.3 Å². The number of carboxylic acid groups (broad SMARTS) is 1. The van der Waals surface area contributed by atoms with Crippen LogP contribution < -0.4 is 0 Å². The van der Waals surface area contributed by atoms with Crippen molar-refractivity contribution >= 4 is 11.6 Å². The molecule has 0 aliphatic heterocycles. The molecule has 0 amide bonds. The second kappa shape index (κ2) is 5.40. The Morgan fingerprint density at radius 2 is 1.95 bits per heavy atom. The van der Waals surface area contributed by atoms with Gasteiger partial charge in [0.15, 0.2) is 0 Å². The molecule has 0 fully saturated rings. The van der Waals surface area contributed by atoms with Gasteiger partial charge in [0.2, 0.25) is 0 Å². The average Bonchev–Trinajstić information content (AvgIpc) is 2.86. The van der Waals surface area contributed by atoms with Crippen LogP contribution in [0.3, 0.4) is 0 Å². The van der Waals surface area contributed by atoms with E-state index in [4.69, 9.17) is 5.11 Å². The first kappa shape index (κ1) is 13.4. The van der Waals surface area contributed by atoms with Crippen molar-refractivity contribution in [2.45, 2.75) is 19.8 Å². The highest BCUT2D eigenvalue weighted by Crippen LogP contribution is 2.25. The second-order valence-electron chi connectivity index (χ2n) is 4.96. The zero-order valence-corrected chi connectivity index (χ0v) is 11.8. The number of hydrogen-bond donors (Lipinski definition) is 1. The number of imidazole rings is 1. The van der Waals surface area contributed by atoms with Gasteiger partial charge in [-0.25, -0.2) is 4.98 Å². The molecule has 3 rings (SSSR count). The third-order valence-corrected chi connectivity index (χ3v) is 3.58. The zero-order valence-electron chi connectivity index (χ0n) is 11.8. The summed E-state index contributed by atoms with van der Waals surface area (Å²) >= 11 is 0. The summed E-state index contributed by atoms with van der Waals surface area (Å²) in [4.78, 5) is 15.7. The molecule has 0 unspecified atom stereocenters. The fraction of sp³-hybridized carbons (Fsp3) is 0.176. The first-order chi connectivity index (χ1) is 10.2. The van der Waals surface area contributed by atoms with Gasteiger partial charge >= 0.3 is 5.97 Å². The number of aromatic nitrogens is 2. The Morgan fingerprint density at radius 3 is 2.62 bits per heavy atom. The summed E-state index contributed by atoms with van der Waals surface area (Å²) in [5.74, 6) is -0.855. The Hall–Kier alpha value is -2.62. The van der Waals surface area contributed by atoms with E-state index in [-0.39, 0.29) is 6.42 Å². The summed E-state index contributed by atoms with van der Waals surface area (Å²) in [6.07, 6.45) is 2.79. The van der Waals surface area contributed by atoms with Crippen molar-refractivity contribution in [2.24, 2.45) is 0 Å². The summed E-state index contributed by atoms with van der Waals surface area (Å²) in [5.41, 5.74) is 4.42. The van der Waals surface area contributed by atoms with E-state index in [2.05, 4.69) is 24.0 Å². The minimum absolute atomic E-state index is 0.0456. The number of carboxylic acids is 1. The molecule has 0 saturated carbocycles. The van der Waals surface area contributed by atoms with E-state index in [0.717, 1.165) is 23.3 Å². The molecule has 106 valence electrons. The molecule has 1 aromatic carbocycles. The molecule has 2 aromatic heterocycles. The molecule has 2 heterocycles. The standard InChI is InChI=1S/C17H16N2O2/c1-2-12-6-8-13(9-7-12)17-14(11-16(20)21)19-10-4-3-5-15(19)18-17/h3-10H,2,11H2,1H3,(H,20,21). The number of aliphatic carboxylic acids is 1. The van der Waals surface area contributed by atoms with Gasteiger partial charge in [0.25, 0.3) is 0 Å². The maximum absolute atomic E-state index is 11.2. The summed E-state index contributed by atoms with van der Waals surface area (Å²) in [5, 5.41) is 9.16. The smallest absolute Gasteiger partial charge is 0.309 e. The van der Waals surface area contributed by atoms with Crippen molar-refractivity contribution in [1.82, 2.24) is 9.38 Å². The molecule has 0 aliphatic rings. The van der Waals surface area contributed by atoms with Gasteiger partial charge in [0.1, 0.15) is 5.65 Å². The number of aryl methyl sites for hydroxylation is 1. The minimum atomic E-state index is -0.855. The number of rotatable bonds is 4. The third kappa shape index (κ3) is 2.52. The first-order valence-electron chi connectivity index (χ1n) is 6.96. The van der Waals surface area contributed by atoms with Crippen LogP contribution in [0.1, 0.15) is 18.2 Å². The van der Waals surface area contributed by atoms with E-state index >= 15 is 0 Å². The number of nitrogens with zero attached hydrogens (tertiary/aromatic N) is 2. The lowest BCUT2D eigenvalue weighted by Crippen LogP contribution is -2.04. The van der Waals surface area contributed by atoms with E-state index in [1.165, 1.54) is 5.56 Å². The summed E-state index contributed by atoms with van der Waals surface area (Å²) in [6, 6.07) is 13.8. The Morgan fingerprint density at radius 1 is 1.19 bits per heavy atom. The van der Waals surface area contributed by atoms with Gasteiger partial charge in [-0.15, -0.1) is 0 Å². The SMILES string of the molecule is CCc1ccc(-c2nc3ccccn3c2CC(=O)O)cc1. The van der Waals surface area contributed by atoms with Gasteiger partial charge in [-0.05, 0) is 24.1 Å². The number of hydrogen-bond acceptors (Lipinski definition) is 2. The predicted octanol–water partition coefficient (Wildman–Crippen LogP) is 3.19. The van der Waals surface area contributed by atoms with Crippen LogP contribution in [0.5, 0.6) is 0 Å². The van der Waals surface area contributed by atoms with Crippen molar-refractivity contribution in [1.29, 1.82) is 0 Å². The summed E-state index contributed by atoms with van der Waals surface area (Å²) < 4.78 is 1.84. The lowest BCUT2D eigenvalue weighted by molar-refractivity contribution is -0.136. The van der Waals surface area contributed by atoms with Crippen molar-refractivity contribution < 1.29 is 9.90 Å². The molecule has 3 aromatic rings. The first-order valence-corrected chi connectivity index (χ1v) is 6.96. The Kier molecular flexibility index (Phi) is 3.44. The topological polar surface area (TPSA) is 54.6 Å². The van der Waals surface area contributed by atoms with Gasteiger partial charge in [0, 0.05) is 11.8 Å². The Balaban J connectivity index is 2.17. The maximum Gasteiger partial charge on any atom is 0.309 e. The van der Waals surface area contributed by atoms with Crippen LogP contribution in [0.4, 0.5) is 0 Å². The molecular weight excluding hydrogens is 264 g/mol. The molecule has 4 nitrogen and oxygen atoms in total. The lowest BCUT2D eigenvalue weighted by atomic mass is 10.1. The van der Waals surface area contributed by atoms with Crippen LogP contribution in [0.15, 0.2) is 48.7 Å². The molecule has 0 atom stereocenters. The molecule has 0 saturated heterocycles. The van der Waals surface area contributed by atoms with Crippen molar-refractivity contribution in [3.63, 3.8) is 0 Å². The summed E-state index contributed by atoms with van der Waals surface area (Å²) in [7, 11) is 0. The van der Waals surface area contributed by atoms with E-state index in [0.29, 0.717) is 5.69 Å². The van der Waals surface area contributed by atoms with Crippen LogP contribution in [0, 0.1) is 0 Å². The monoisotopic (exact) mass is 280 g/mol. The average molecular weight is 280 g/mol. The van der Waals surface area contributed by atoms with E-state index < -0.39 is 5.97 Å². The van der Waals surface area contributed by atoms with Crippen LogP contribution >= 0.6 is 0 Å². The molecular formula is C17H16N2O2. The maximum atomic E-state index is 11.2. The van der Waals surface area contributed by atoms with Gasteiger partial charge < -0.3 is 9.51 Å². The van der Waals surface area contributed by atoms with Crippen LogP contribution in [-0.4, -0.2) is 20.5 Å². The zero-order chi connectivity index (χ0) is 14.8.